The first kappa shape index (κ1) is 14.9. The normalized spacial score (nSPS) is 12.9. The molecule has 2 aromatic heterocycles. The Morgan fingerprint density at radius 2 is 2.33 bits per heavy atom. The molecule has 0 aliphatic rings. The summed E-state index contributed by atoms with van der Waals surface area (Å²) in [6.45, 7) is 2.11. The van der Waals surface area contributed by atoms with Gasteiger partial charge in [-0.3, -0.25) is 4.40 Å². The standard InChI is InChI=1S/C15H16ClN3S2/c1-2-11(17)9-13-14(18-15-19(13)6-7-20-15)21-12-5-3-4-10(16)8-12/h3-8,11H,2,9,17H2,1H3. The highest BCUT2D eigenvalue weighted by Gasteiger charge is 2.16. The maximum atomic E-state index is 6.14. The van der Waals surface area contributed by atoms with Gasteiger partial charge in [0.2, 0.25) is 0 Å². The van der Waals surface area contributed by atoms with E-state index >= 15 is 0 Å². The molecule has 1 unspecified atom stereocenters. The second kappa shape index (κ2) is 6.40. The molecule has 0 spiro atoms. The van der Waals surface area contributed by atoms with Crippen LogP contribution in [0.3, 0.4) is 0 Å². The van der Waals surface area contributed by atoms with Gasteiger partial charge in [-0.05, 0) is 24.6 Å². The average Bonchev–Trinajstić information content (AvgIpc) is 3.02. The summed E-state index contributed by atoms with van der Waals surface area (Å²) in [5.41, 5.74) is 7.33. The number of thiazole rings is 1. The molecule has 0 fully saturated rings. The van der Waals surface area contributed by atoms with Crippen LogP contribution < -0.4 is 5.73 Å². The van der Waals surface area contributed by atoms with Crippen LogP contribution in [0.2, 0.25) is 5.02 Å². The van der Waals surface area contributed by atoms with Gasteiger partial charge in [-0.15, -0.1) is 11.3 Å². The lowest BCUT2D eigenvalue weighted by atomic mass is 10.1. The van der Waals surface area contributed by atoms with Gasteiger partial charge >= 0.3 is 0 Å². The topological polar surface area (TPSA) is 43.3 Å². The molecule has 110 valence electrons. The Labute approximate surface area is 137 Å². The zero-order valence-corrected chi connectivity index (χ0v) is 14.0. The summed E-state index contributed by atoms with van der Waals surface area (Å²) in [5, 5.41) is 3.82. The van der Waals surface area contributed by atoms with E-state index < -0.39 is 0 Å². The van der Waals surface area contributed by atoms with Crippen molar-refractivity contribution < 1.29 is 0 Å². The number of rotatable bonds is 5. The van der Waals surface area contributed by atoms with Crippen LogP contribution in [0.15, 0.2) is 45.8 Å². The van der Waals surface area contributed by atoms with Crippen molar-refractivity contribution in [3.05, 3.63) is 46.6 Å². The molecule has 1 aromatic carbocycles. The number of benzene rings is 1. The third kappa shape index (κ3) is 3.26. The summed E-state index contributed by atoms with van der Waals surface area (Å²) in [5.74, 6) is 0. The highest BCUT2D eigenvalue weighted by atomic mass is 35.5. The van der Waals surface area contributed by atoms with Crippen molar-refractivity contribution in [3.63, 3.8) is 0 Å². The van der Waals surface area contributed by atoms with Crippen LogP contribution in [0.25, 0.3) is 4.96 Å². The maximum Gasteiger partial charge on any atom is 0.194 e. The fraction of sp³-hybridized carbons (Fsp3) is 0.267. The van der Waals surface area contributed by atoms with Crippen LogP contribution in [-0.4, -0.2) is 15.4 Å². The molecule has 3 rings (SSSR count). The van der Waals surface area contributed by atoms with E-state index in [0.717, 1.165) is 32.7 Å². The van der Waals surface area contributed by atoms with E-state index in [2.05, 4.69) is 22.9 Å². The summed E-state index contributed by atoms with van der Waals surface area (Å²) in [4.78, 5) is 6.84. The Bertz CT molecular complexity index is 750. The van der Waals surface area contributed by atoms with Gasteiger partial charge in [0.1, 0.15) is 5.03 Å². The lowest BCUT2D eigenvalue weighted by molar-refractivity contribution is 0.627. The number of nitrogens with two attached hydrogens (primary N) is 1. The predicted octanol–water partition coefficient (Wildman–Crippen LogP) is 4.48. The van der Waals surface area contributed by atoms with E-state index in [9.17, 15) is 0 Å². The van der Waals surface area contributed by atoms with Crippen LogP contribution >= 0.6 is 34.7 Å². The number of halogens is 1. The maximum absolute atomic E-state index is 6.14. The molecule has 21 heavy (non-hydrogen) atoms. The molecule has 0 aliphatic carbocycles. The van der Waals surface area contributed by atoms with Crippen molar-refractivity contribution in [2.75, 3.05) is 0 Å². The first-order valence-corrected chi connectivity index (χ1v) is 8.88. The fourth-order valence-electron chi connectivity index (χ4n) is 2.11. The molecule has 0 saturated heterocycles. The molecular weight excluding hydrogens is 322 g/mol. The summed E-state index contributed by atoms with van der Waals surface area (Å²) in [6, 6.07) is 8.01. The quantitative estimate of drug-likeness (QED) is 0.746. The molecule has 0 saturated carbocycles. The van der Waals surface area contributed by atoms with Gasteiger partial charge in [-0.25, -0.2) is 4.98 Å². The Hall–Kier alpha value is -1.01. The van der Waals surface area contributed by atoms with Crippen LogP contribution in [0.5, 0.6) is 0 Å². The Morgan fingerprint density at radius 3 is 3.10 bits per heavy atom. The minimum Gasteiger partial charge on any atom is -0.327 e. The van der Waals surface area contributed by atoms with E-state index in [0.29, 0.717) is 0 Å². The van der Waals surface area contributed by atoms with Crippen molar-refractivity contribution in [2.45, 2.75) is 35.7 Å². The zero-order valence-electron chi connectivity index (χ0n) is 11.6. The molecule has 0 aliphatic heterocycles. The van der Waals surface area contributed by atoms with Crippen molar-refractivity contribution in [1.29, 1.82) is 0 Å². The SMILES string of the molecule is CCC(N)Cc1c(Sc2cccc(Cl)c2)nc2sccn12. The Kier molecular flexibility index (Phi) is 4.54. The summed E-state index contributed by atoms with van der Waals surface area (Å²) >= 11 is 9.35. The fourth-order valence-corrected chi connectivity index (χ4v) is 4.15. The lowest BCUT2D eigenvalue weighted by Crippen LogP contribution is -2.22. The number of imidazole rings is 1. The molecule has 2 N–H and O–H groups in total. The van der Waals surface area contributed by atoms with Gasteiger partial charge < -0.3 is 5.73 Å². The Morgan fingerprint density at radius 1 is 1.48 bits per heavy atom. The smallest absolute Gasteiger partial charge is 0.194 e. The molecular formula is C15H16ClN3S2. The third-order valence-electron chi connectivity index (χ3n) is 3.31. The summed E-state index contributed by atoms with van der Waals surface area (Å²) in [7, 11) is 0. The van der Waals surface area contributed by atoms with Gasteiger partial charge in [0.15, 0.2) is 4.96 Å². The van der Waals surface area contributed by atoms with E-state index in [4.69, 9.17) is 22.3 Å². The van der Waals surface area contributed by atoms with E-state index in [1.165, 1.54) is 5.69 Å². The lowest BCUT2D eigenvalue weighted by Gasteiger charge is -2.09. The number of nitrogens with zero attached hydrogens (tertiary/aromatic N) is 2. The van der Waals surface area contributed by atoms with Crippen molar-refractivity contribution in [3.8, 4) is 0 Å². The highest BCUT2D eigenvalue weighted by Crippen LogP contribution is 2.33. The molecule has 0 bridgehead atoms. The largest absolute Gasteiger partial charge is 0.327 e. The van der Waals surface area contributed by atoms with Gasteiger partial charge in [-0.1, -0.05) is 36.4 Å². The second-order valence-electron chi connectivity index (χ2n) is 4.85. The number of hydrogen-bond donors (Lipinski definition) is 1. The van der Waals surface area contributed by atoms with Gasteiger partial charge in [0.25, 0.3) is 0 Å². The first-order chi connectivity index (χ1) is 10.2. The summed E-state index contributed by atoms with van der Waals surface area (Å²) in [6.07, 6.45) is 3.85. The minimum atomic E-state index is 0.156. The molecule has 2 heterocycles. The van der Waals surface area contributed by atoms with Gasteiger partial charge in [-0.2, -0.15) is 0 Å². The first-order valence-electron chi connectivity index (χ1n) is 6.80. The van der Waals surface area contributed by atoms with Crippen LogP contribution in [0.4, 0.5) is 0 Å². The Balaban J connectivity index is 1.97. The van der Waals surface area contributed by atoms with E-state index in [-0.39, 0.29) is 6.04 Å². The van der Waals surface area contributed by atoms with Crippen molar-refractivity contribution in [1.82, 2.24) is 9.38 Å². The van der Waals surface area contributed by atoms with Crippen LogP contribution in [0, 0.1) is 0 Å². The average molecular weight is 338 g/mol. The molecule has 0 radical (unpaired) electrons. The zero-order chi connectivity index (χ0) is 14.8. The molecule has 6 heteroatoms. The van der Waals surface area contributed by atoms with Crippen molar-refractivity contribution >= 4 is 39.7 Å². The molecule has 3 nitrogen and oxygen atoms in total. The van der Waals surface area contributed by atoms with E-state index in [1.807, 2.05) is 24.3 Å². The highest BCUT2D eigenvalue weighted by molar-refractivity contribution is 7.99. The van der Waals surface area contributed by atoms with Crippen LogP contribution in [-0.2, 0) is 6.42 Å². The van der Waals surface area contributed by atoms with Crippen LogP contribution in [0.1, 0.15) is 19.0 Å². The van der Waals surface area contributed by atoms with Crippen molar-refractivity contribution in [2.24, 2.45) is 5.73 Å². The molecule has 3 aromatic rings. The third-order valence-corrected chi connectivity index (χ3v) is 5.32. The van der Waals surface area contributed by atoms with Gasteiger partial charge in [0, 0.05) is 34.0 Å². The summed E-state index contributed by atoms with van der Waals surface area (Å²) < 4.78 is 2.15. The number of fused-ring (bicyclic) bond motifs is 1. The molecule has 1 atom stereocenters. The number of aromatic nitrogens is 2. The second-order valence-corrected chi connectivity index (χ2v) is 7.22. The number of hydrogen-bond acceptors (Lipinski definition) is 4. The minimum absolute atomic E-state index is 0.156. The monoisotopic (exact) mass is 337 g/mol. The van der Waals surface area contributed by atoms with E-state index in [1.54, 1.807) is 23.1 Å². The predicted molar refractivity (Wildman–Crippen MR) is 90.6 cm³/mol. The van der Waals surface area contributed by atoms with Gasteiger partial charge in [0.05, 0.1) is 5.69 Å². The molecule has 0 amide bonds.